The van der Waals surface area contributed by atoms with Gasteiger partial charge in [-0.3, -0.25) is 9.59 Å². The SMILES string of the molecule is CNCCC1CCN(C(=O)C2CSCN2C(=O)C2CCC2)CC1.Cl. The molecule has 5 nitrogen and oxygen atoms in total. The molecule has 1 N–H and O–H groups in total. The van der Waals surface area contributed by atoms with Gasteiger partial charge in [0, 0.05) is 24.8 Å². The number of nitrogens with zero attached hydrogens (tertiary/aromatic N) is 2. The number of rotatable bonds is 5. The summed E-state index contributed by atoms with van der Waals surface area (Å²) in [5, 5.41) is 3.21. The second-order valence-corrected chi connectivity index (χ2v) is 8.11. The van der Waals surface area contributed by atoms with Gasteiger partial charge in [0.25, 0.3) is 0 Å². The summed E-state index contributed by atoms with van der Waals surface area (Å²) in [6, 6.07) is -0.207. The molecule has 2 aliphatic heterocycles. The third kappa shape index (κ3) is 4.38. The molecule has 0 aromatic carbocycles. The maximum absolute atomic E-state index is 12.9. The first-order chi connectivity index (χ1) is 11.2. The number of likely N-dealkylation sites (tertiary alicyclic amines) is 1. The molecule has 3 rings (SSSR count). The number of hydrogen-bond acceptors (Lipinski definition) is 4. The maximum Gasteiger partial charge on any atom is 0.246 e. The van der Waals surface area contributed by atoms with Gasteiger partial charge in [-0.25, -0.2) is 0 Å². The highest BCUT2D eigenvalue weighted by molar-refractivity contribution is 7.99. The molecular weight excluding hydrogens is 346 g/mol. The van der Waals surface area contributed by atoms with Gasteiger partial charge in [-0.1, -0.05) is 6.42 Å². The van der Waals surface area contributed by atoms with Crippen LogP contribution in [0, 0.1) is 11.8 Å². The topological polar surface area (TPSA) is 52.7 Å². The molecule has 24 heavy (non-hydrogen) atoms. The van der Waals surface area contributed by atoms with Gasteiger partial charge in [-0.2, -0.15) is 0 Å². The quantitative estimate of drug-likeness (QED) is 0.798. The molecule has 3 aliphatic rings. The number of halogens is 1. The lowest BCUT2D eigenvalue weighted by molar-refractivity contribution is -0.147. The number of carbonyl (C=O) groups is 2. The van der Waals surface area contributed by atoms with E-state index in [0.717, 1.165) is 63.4 Å². The van der Waals surface area contributed by atoms with E-state index in [2.05, 4.69) is 5.32 Å². The molecule has 2 saturated heterocycles. The lowest BCUT2D eigenvalue weighted by Gasteiger charge is -2.37. The Kier molecular flexibility index (Phi) is 7.69. The number of carbonyl (C=O) groups excluding carboxylic acids is 2. The van der Waals surface area contributed by atoms with Crippen LogP contribution >= 0.6 is 24.2 Å². The van der Waals surface area contributed by atoms with Crippen molar-refractivity contribution < 1.29 is 9.59 Å². The van der Waals surface area contributed by atoms with Gasteiger partial charge in [0.1, 0.15) is 6.04 Å². The van der Waals surface area contributed by atoms with Crippen LogP contribution in [0.5, 0.6) is 0 Å². The number of amides is 2. The van der Waals surface area contributed by atoms with E-state index in [9.17, 15) is 9.59 Å². The minimum absolute atomic E-state index is 0. The van der Waals surface area contributed by atoms with Crippen LogP contribution < -0.4 is 5.32 Å². The first-order valence-corrected chi connectivity index (χ1v) is 10.2. The molecule has 7 heteroatoms. The Labute approximate surface area is 155 Å². The molecule has 1 unspecified atom stereocenters. The molecule has 2 amide bonds. The van der Waals surface area contributed by atoms with Gasteiger partial charge in [-0.15, -0.1) is 24.2 Å². The Morgan fingerprint density at radius 2 is 1.83 bits per heavy atom. The van der Waals surface area contributed by atoms with Crippen molar-refractivity contribution in [2.45, 2.75) is 44.6 Å². The summed E-state index contributed by atoms with van der Waals surface area (Å²) in [6.45, 7) is 2.78. The first-order valence-electron chi connectivity index (χ1n) is 9.02. The highest BCUT2D eigenvalue weighted by atomic mass is 35.5. The molecule has 0 bridgehead atoms. The van der Waals surface area contributed by atoms with Crippen molar-refractivity contribution >= 4 is 36.0 Å². The van der Waals surface area contributed by atoms with E-state index in [1.165, 1.54) is 6.42 Å². The predicted molar refractivity (Wildman–Crippen MR) is 100 cm³/mol. The average molecular weight is 376 g/mol. The zero-order valence-corrected chi connectivity index (χ0v) is 16.2. The standard InChI is InChI=1S/C17H29N3O2S.ClH/c1-18-8-5-13-6-9-19(10-7-13)17(22)15-11-23-12-20(15)16(21)14-3-2-4-14;/h13-15,18H,2-12H2,1H3;1H. The fourth-order valence-electron chi connectivity index (χ4n) is 3.76. The molecule has 0 radical (unpaired) electrons. The van der Waals surface area contributed by atoms with Gasteiger partial charge in [0.2, 0.25) is 11.8 Å². The summed E-state index contributed by atoms with van der Waals surface area (Å²) in [5.41, 5.74) is 0. The van der Waals surface area contributed by atoms with Crippen molar-refractivity contribution in [1.82, 2.24) is 15.1 Å². The molecule has 3 fully saturated rings. The van der Waals surface area contributed by atoms with Crippen LogP contribution in [-0.4, -0.2) is 66.0 Å². The lowest BCUT2D eigenvalue weighted by atomic mass is 9.84. The van der Waals surface area contributed by atoms with Gasteiger partial charge in [0.05, 0.1) is 5.88 Å². The molecule has 0 aromatic heterocycles. The third-order valence-electron chi connectivity index (χ3n) is 5.63. The number of piperidine rings is 1. The molecule has 1 aliphatic carbocycles. The van der Waals surface area contributed by atoms with E-state index in [1.807, 2.05) is 16.8 Å². The van der Waals surface area contributed by atoms with Gasteiger partial charge < -0.3 is 15.1 Å². The second-order valence-electron chi connectivity index (χ2n) is 7.11. The molecule has 2 heterocycles. The zero-order chi connectivity index (χ0) is 16.2. The van der Waals surface area contributed by atoms with Crippen molar-refractivity contribution in [2.24, 2.45) is 11.8 Å². The Balaban J connectivity index is 0.00000208. The Morgan fingerprint density at radius 1 is 1.12 bits per heavy atom. The normalized spacial score (nSPS) is 25.3. The largest absolute Gasteiger partial charge is 0.341 e. The number of hydrogen-bond donors (Lipinski definition) is 1. The molecule has 1 atom stereocenters. The van der Waals surface area contributed by atoms with E-state index < -0.39 is 0 Å². The van der Waals surface area contributed by atoms with Crippen LogP contribution in [0.4, 0.5) is 0 Å². The summed E-state index contributed by atoms with van der Waals surface area (Å²) in [7, 11) is 1.99. The van der Waals surface area contributed by atoms with Gasteiger partial charge >= 0.3 is 0 Å². The highest BCUT2D eigenvalue weighted by Crippen LogP contribution is 2.33. The summed E-state index contributed by atoms with van der Waals surface area (Å²) >= 11 is 1.72. The predicted octanol–water partition coefficient (Wildman–Crippen LogP) is 1.96. The summed E-state index contributed by atoms with van der Waals surface area (Å²) in [5.74, 6) is 2.81. The van der Waals surface area contributed by atoms with Crippen LogP contribution in [0.15, 0.2) is 0 Å². The minimum atomic E-state index is -0.207. The van der Waals surface area contributed by atoms with E-state index >= 15 is 0 Å². The average Bonchev–Trinajstić information content (AvgIpc) is 3.00. The first kappa shape index (κ1) is 19.9. The Morgan fingerprint density at radius 3 is 2.42 bits per heavy atom. The number of nitrogens with one attached hydrogen (secondary N) is 1. The van der Waals surface area contributed by atoms with E-state index in [0.29, 0.717) is 5.88 Å². The lowest BCUT2D eigenvalue weighted by Crippen LogP contribution is -2.52. The van der Waals surface area contributed by atoms with Crippen molar-refractivity contribution in [2.75, 3.05) is 38.3 Å². The van der Waals surface area contributed by atoms with Crippen LogP contribution in [-0.2, 0) is 9.59 Å². The highest BCUT2D eigenvalue weighted by Gasteiger charge is 2.41. The maximum atomic E-state index is 12.9. The molecule has 138 valence electrons. The summed E-state index contributed by atoms with van der Waals surface area (Å²) in [4.78, 5) is 29.3. The van der Waals surface area contributed by atoms with Gasteiger partial charge in [0.15, 0.2) is 0 Å². The van der Waals surface area contributed by atoms with Crippen LogP contribution in [0.2, 0.25) is 0 Å². The molecule has 0 aromatic rings. The fourth-order valence-corrected chi connectivity index (χ4v) is 4.91. The van der Waals surface area contributed by atoms with Crippen LogP contribution in [0.1, 0.15) is 38.5 Å². The Bertz CT molecular complexity index is 440. The van der Waals surface area contributed by atoms with Crippen LogP contribution in [0.25, 0.3) is 0 Å². The van der Waals surface area contributed by atoms with E-state index in [-0.39, 0.29) is 36.2 Å². The van der Waals surface area contributed by atoms with Crippen molar-refractivity contribution in [3.8, 4) is 0 Å². The van der Waals surface area contributed by atoms with Crippen molar-refractivity contribution in [1.29, 1.82) is 0 Å². The Hall–Kier alpha value is -0.460. The van der Waals surface area contributed by atoms with Crippen molar-refractivity contribution in [3.63, 3.8) is 0 Å². The second kappa shape index (κ2) is 9.30. The third-order valence-corrected chi connectivity index (χ3v) is 6.65. The smallest absolute Gasteiger partial charge is 0.246 e. The minimum Gasteiger partial charge on any atom is -0.341 e. The van der Waals surface area contributed by atoms with E-state index in [1.54, 1.807) is 11.8 Å². The summed E-state index contributed by atoms with van der Waals surface area (Å²) < 4.78 is 0. The van der Waals surface area contributed by atoms with Crippen molar-refractivity contribution in [3.05, 3.63) is 0 Å². The zero-order valence-electron chi connectivity index (χ0n) is 14.5. The summed E-state index contributed by atoms with van der Waals surface area (Å²) in [6.07, 6.45) is 6.59. The molecular formula is C17H30ClN3O2S. The van der Waals surface area contributed by atoms with E-state index in [4.69, 9.17) is 0 Å². The van der Waals surface area contributed by atoms with Crippen LogP contribution in [0.3, 0.4) is 0 Å². The fraction of sp³-hybridized carbons (Fsp3) is 0.882. The molecule has 0 spiro atoms. The monoisotopic (exact) mass is 375 g/mol. The van der Waals surface area contributed by atoms with Gasteiger partial charge in [-0.05, 0) is 51.6 Å². The molecule has 1 saturated carbocycles. The number of thioether (sulfide) groups is 1.